The van der Waals surface area contributed by atoms with Crippen LogP contribution in [0.4, 0.5) is 4.79 Å². The van der Waals surface area contributed by atoms with Crippen LogP contribution in [0.1, 0.15) is 46.0 Å². The number of rotatable bonds is 6. The van der Waals surface area contributed by atoms with E-state index in [0.717, 1.165) is 12.8 Å². The summed E-state index contributed by atoms with van der Waals surface area (Å²) in [5.41, 5.74) is 4.40. The second-order valence-electron chi connectivity index (χ2n) is 6.29. The fourth-order valence-corrected chi connectivity index (χ4v) is 2.35. The Hall–Kier alpha value is -1.79. The molecule has 0 atom stereocenters. The number of urea groups is 1. The van der Waals surface area contributed by atoms with Crippen molar-refractivity contribution in [2.24, 2.45) is 17.1 Å². The normalized spacial score (nSPS) is 22.4. The molecule has 7 heteroatoms. The molecule has 0 radical (unpaired) electrons. The third-order valence-electron chi connectivity index (χ3n) is 4.08. The summed E-state index contributed by atoms with van der Waals surface area (Å²) in [4.78, 5) is 33.7. The number of nitrogens with one attached hydrogen (secondary N) is 2. The molecule has 0 aromatic heterocycles. The Labute approximate surface area is 124 Å². The number of carbonyl (C=O) groups is 3. The van der Waals surface area contributed by atoms with Crippen molar-refractivity contribution < 1.29 is 19.5 Å². The monoisotopic (exact) mass is 299 g/mol. The lowest BCUT2D eigenvalue weighted by molar-refractivity contribution is -0.147. The summed E-state index contributed by atoms with van der Waals surface area (Å²) in [6.07, 6.45) is 3.24. The molecule has 1 aliphatic carbocycles. The minimum Gasteiger partial charge on any atom is -0.481 e. The van der Waals surface area contributed by atoms with Crippen LogP contribution in [0.15, 0.2) is 0 Å². The zero-order valence-electron chi connectivity index (χ0n) is 12.6. The third kappa shape index (κ3) is 5.61. The zero-order chi connectivity index (χ0) is 16.0. The summed E-state index contributed by atoms with van der Waals surface area (Å²) < 4.78 is 0. The standard InChI is InChI=1S/C14H25N3O4/c1-14(2,12(19)20)7-8-16-13(21)17-10-5-3-9(4-6-10)11(15)18/h9-10H,3-8H2,1-2H3,(H2,15,18)(H,19,20)(H2,16,17,21). The molecule has 7 nitrogen and oxygen atoms in total. The molecule has 1 fully saturated rings. The van der Waals surface area contributed by atoms with E-state index in [2.05, 4.69) is 10.6 Å². The molecule has 5 N–H and O–H groups in total. The predicted octanol–water partition coefficient (Wildman–Crippen LogP) is 0.831. The van der Waals surface area contributed by atoms with Gasteiger partial charge in [0.2, 0.25) is 5.91 Å². The number of aliphatic carboxylic acids is 1. The first kappa shape index (κ1) is 17.3. The Morgan fingerprint density at radius 3 is 2.24 bits per heavy atom. The average molecular weight is 299 g/mol. The van der Waals surface area contributed by atoms with Gasteiger partial charge in [-0.25, -0.2) is 4.79 Å². The smallest absolute Gasteiger partial charge is 0.315 e. The maximum Gasteiger partial charge on any atom is 0.315 e. The van der Waals surface area contributed by atoms with Crippen molar-refractivity contribution in [2.75, 3.05) is 6.54 Å². The van der Waals surface area contributed by atoms with Crippen molar-refractivity contribution in [1.29, 1.82) is 0 Å². The molecule has 0 spiro atoms. The van der Waals surface area contributed by atoms with Crippen LogP contribution in [0.2, 0.25) is 0 Å². The number of amides is 3. The maximum atomic E-state index is 11.7. The lowest BCUT2D eigenvalue weighted by Gasteiger charge is -2.27. The van der Waals surface area contributed by atoms with Gasteiger partial charge in [-0.3, -0.25) is 9.59 Å². The second-order valence-corrected chi connectivity index (χ2v) is 6.29. The highest BCUT2D eigenvalue weighted by Crippen LogP contribution is 2.24. The van der Waals surface area contributed by atoms with Crippen LogP contribution in [0.3, 0.4) is 0 Å². The number of primary amides is 1. The molecule has 1 aliphatic rings. The molecule has 0 unspecified atom stereocenters. The van der Waals surface area contributed by atoms with E-state index >= 15 is 0 Å². The Balaban J connectivity index is 2.23. The highest BCUT2D eigenvalue weighted by atomic mass is 16.4. The molecule has 3 amide bonds. The van der Waals surface area contributed by atoms with Gasteiger partial charge in [0.1, 0.15) is 0 Å². The van der Waals surface area contributed by atoms with E-state index in [1.54, 1.807) is 13.8 Å². The minimum absolute atomic E-state index is 0.0492. The van der Waals surface area contributed by atoms with Crippen molar-refractivity contribution in [3.8, 4) is 0 Å². The van der Waals surface area contributed by atoms with Gasteiger partial charge in [0.25, 0.3) is 0 Å². The maximum absolute atomic E-state index is 11.7. The van der Waals surface area contributed by atoms with Crippen LogP contribution in [0, 0.1) is 11.3 Å². The van der Waals surface area contributed by atoms with Gasteiger partial charge in [0.05, 0.1) is 5.41 Å². The van der Waals surface area contributed by atoms with Crippen LogP contribution < -0.4 is 16.4 Å². The first-order chi connectivity index (χ1) is 9.72. The van der Waals surface area contributed by atoms with Crippen LogP contribution in [-0.2, 0) is 9.59 Å². The molecule has 120 valence electrons. The molecular formula is C14H25N3O4. The van der Waals surface area contributed by atoms with Gasteiger partial charge in [-0.05, 0) is 46.0 Å². The van der Waals surface area contributed by atoms with Crippen LogP contribution in [0.5, 0.6) is 0 Å². The summed E-state index contributed by atoms with van der Waals surface area (Å²) in [5, 5.41) is 14.5. The fraction of sp³-hybridized carbons (Fsp3) is 0.786. The molecule has 0 saturated heterocycles. The predicted molar refractivity (Wildman–Crippen MR) is 77.5 cm³/mol. The summed E-state index contributed by atoms with van der Waals surface area (Å²) >= 11 is 0. The number of nitrogens with two attached hydrogens (primary N) is 1. The van der Waals surface area contributed by atoms with Gasteiger partial charge in [-0.2, -0.15) is 0 Å². The van der Waals surface area contributed by atoms with E-state index in [9.17, 15) is 14.4 Å². The summed E-state index contributed by atoms with van der Waals surface area (Å²) in [7, 11) is 0. The zero-order valence-corrected chi connectivity index (χ0v) is 12.6. The van der Waals surface area contributed by atoms with E-state index in [-0.39, 0.29) is 23.9 Å². The van der Waals surface area contributed by atoms with Crippen molar-refractivity contribution >= 4 is 17.9 Å². The Morgan fingerprint density at radius 1 is 1.19 bits per heavy atom. The quantitative estimate of drug-likeness (QED) is 0.580. The van der Waals surface area contributed by atoms with Crippen molar-refractivity contribution in [3.05, 3.63) is 0 Å². The molecule has 0 aromatic carbocycles. The minimum atomic E-state index is -0.880. The number of carboxylic acids is 1. The largest absolute Gasteiger partial charge is 0.481 e. The summed E-state index contributed by atoms with van der Waals surface area (Å²) in [6.45, 7) is 3.56. The van der Waals surface area contributed by atoms with Gasteiger partial charge in [0.15, 0.2) is 0 Å². The number of hydrogen-bond acceptors (Lipinski definition) is 3. The molecule has 21 heavy (non-hydrogen) atoms. The molecule has 1 rings (SSSR count). The second kappa shape index (κ2) is 7.28. The molecule has 0 bridgehead atoms. The number of carbonyl (C=O) groups excluding carboxylic acids is 2. The number of hydrogen-bond donors (Lipinski definition) is 4. The van der Waals surface area contributed by atoms with Crippen molar-refractivity contribution in [1.82, 2.24) is 10.6 Å². The SMILES string of the molecule is CC(C)(CCNC(=O)NC1CCC(C(N)=O)CC1)C(=O)O. The van der Waals surface area contributed by atoms with E-state index in [1.807, 2.05) is 0 Å². The third-order valence-corrected chi connectivity index (χ3v) is 4.08. The van der Waals surface area contributed by atoms with Crippen LogP contribution >= 0.6 is 0 Å². The van der Waals surface area contributed by atoms with Gasteiger partial charge in [0, 0.05) is 18.5 Å². The molecular weight excluding hydrogens is 274 g/mol. The first-order valence-corrected chi connectivity index (χ1v) is 7.29. The Morgan fingerprint density at radius 2 is 1.76 bits per heavy atom. The topological polar surface area (TPSA) is 122 Å². The molecule has 0 aliphatic heterocycles. The fourth-order valence-electron chi connectivity index (χ4n) is 2.35. The molecule has 0 aromatic rings. The summed E-state index contributed by atoms with van der Waals surface area (Å²) in [5.74, 6) is -1.23. The van der Waals surface area contributed by atoms with Crippen LogP contribution in [-0.4, -0.2) is 35.6 Å². The van der Waals surface area contributed by atoms with Gasteiger partial charge < -0.3 is 21.5 Å². The van der Waals surface area contributed by atoms with Crippen molar-refractivity contribution in [3.63, 3.8) is 0 Å². The van der Waals surface area contributed by atoms with Gasteiger partial charge in [-0.1, -0.05) is 0 Å². The van der Waals surface area contributed by atoms with E-state index in [1.165, 1.54) is 0 Å². The van der Waals surface area contributed by atoms with E-state index in [4.69, 9.17) is 10.8 Å². The first-order valence-electron chi connectivity index (χ1n) is 7.29. The van der Waals surface area contributed by atoms with Crippen LogP contribution in [0.25, 0.3) is 0 Å². The van der Waals surface area contributed by atoms with Gasteiger partial charge in [-0.15, -0.1) is 0 Å². The highest BCUT2D eigenvalue weighted by molar-refractivity contribution is 5.77. The Bertz CT molecular complexity index is 401. The Kier molecular flexibility index (Phi) is 5.99. The lowest BCUT2D eigenvalue weighted by atomic mass is 9.86. The van der Waals surface area contributed by atoms with Crippen molar-refractivity contribution in [2.45, 2.75) is 52.0 Å². The number of carboxylic acid groups (broad SMARTS) is 1. The van der Waals surface area contributed by atoms with E-state index in [0.29, 0.717) is 25.8 Å². The summed E-state index contributed by atoms with van der Waals surface area (Å²) in [6, 6.07) is -0.244. The molecule has 0 heterocycles. The molecule has 1 saturated carbocycles. The highest BCUT2D eigenvalue weighted by Gasteiger charge is 2.27. The van der Waals surface area contributed by atoms with E-state index < -0.39 is 11.4 Å². The lowest BCUT2D eigenvalue weighted by Crippen LogP contribution is -2.45. The van der Waals surface area contributed by atoms with Gasteiger partial charge >= 0.3 is 12.0 Å². The average Bonchev–Trinajstić information content (AvgIpc) is 2.38.